The predicted octanol–water partition coefficient (Wildman–Crippen LogP) is 2.52. The van der Waals surface area contributed by atoms with Gasteiger partial charge in [-0.3, -0.25) is 0 Å². The van der Waals surface area contributed by atoms with E-state index in [9.17, 15) is 5.11 Å². The number of aromatic nitrogens is 2. The summed E-state index contributed by atoms with van der Waals surface area (Å²) in [5.74, 6) is 0.442. The minimum Gasteiger partial charge on any atom is -0.380 e. The fourth-order valence-corrected chi connectivity index (χ4v) is 2.40. The molecule has 3 nitrogen and oxygen atoms in total. The number of aliphatic hydroxyl groups is 1. The Labute approximate surface area is 119 Å². The van der Waals surface area contributed by atoms with Crippen molar-refractivity contribution in [3.05, 3.63) is 65.6 Å². The zero-order valence-corrected chi connectivity index (χ0v) is 12.3. The van der Waals surface area contributed by atoms with E-state index in [1.807, 2.05) is 55.5 Å². The Kier molecular flexibility index (Phi) is 3.47. The molecule has 3 rings (SSSR count). The zero-order valence-electron chi connectivity index (χ0n) is 11.1. The third kappa shape index (κ3) is 2.43. The summed E-state index contributed by atoms with van der Waals surface area (Å²) in [7, 11) is 2.63. The Morgan fingerprint density at radius 1 is 1.00 bits per heavy atom. The molecule has 0 amide bonds. The normalized spacial score (nSPS) is 12.6. The van der Waals surface area contributed by atoms with Gasteiger partial charge >= 0.3 is 0 Å². The van der Waals surface area contributed by atoms with Gasteiger partial charge in [0.05, 0.1) is 5.52 Å². The lowest BCUT2D eigenvalue weighted by molar-refractivity contribution is 0.210. The standard InChI is InChI=1S/C16H15N2OP/c1-10-13-4-2-3-5-14(13)18-16(17-10)15(19)11-6-8-12(20)9-7-11/h2-9,15,19H,20H2,1H3. The highest BCUT2D eigenvalue weighted by molar-refractivity contribution is 7.27. The summed E-state index contributed by atoms with van der Waals surface area (Å²) in [6.45, 7) is 1.94. The summed E-state index contributed by atoms with van der Waals surface area (Å²) in [5.41, 5.74) is 2.54. The van der Waals surface area contributed by atoms with Gasteiger partial charge in [0.25, 0.3) is 0 Å². The molecule has 0 saturated heterocycles. The highest BCUT2D eigenvalue weighted by Gasteiger charge is 2.15. The van der Waals surface area contributed by atoms with Crippen molar-refractivity contribution in [1.29, 1.82) is 0 Å². The predicted molar refractivity (Wildman–Crippen MR) is 84.1 cm³/mol. The third-order valence-corrected chi connectivity index (χ3v) is 3.69. The summed E-state index contributed by atoms with van der Waals surface area (Å²) < 4.78 is 0. The van der Waals surface area contributed by atoms with Crippen LogP contribution in [0.4, 0.5) is 0 Å². The van der Waals surface area contributed by atoms with Crippen molar-refractivity contribution in [2.24, 2.45) is 0 Å². The van der Waals surface area contributed by atoms with Crippen molar-refractivity contribution >= 4 is 25.4 Å². The van der Waals surface area contributed by atoms with Gasteiger partial charge in [0.2, 0.25) is 0 Å². The molecule has 2 atom stereocenters. The lowest BCUT2D eigenvalue weighted by Crippen LogP contribution is -2.07. The maximum atomic E-state index is 10.4. The van der Waals surface area contributed by atoms with E-state index in [1.54, 1.807) is 0 Å². The summed E-state index contributed by atoms with van der Waals surface area (Å²) in [5, 5.41) is 12.5. The minimum atomic E-state index is -0.802. The van der Waals surface area contributed by atoms with Gasteiger partial charge in [-0.25, -0.2) is 9.97 Å². The molecule has 0 aliphatic rings. The van der Waals surface area contributed by atoms with Crippen LogP contribution in [-0.4, -0.2) is 15.1 Å². The van der Waals surface area contributed by atoms with Crippen LogP contribution in [0.25, 0.3) is 10.9 Å². The van der Waals surface area contributed by atoms with Crippen LogP contribution in [0.15, 0.2) is 48.5 Å². The molecular formula is C16H15N2OP. The van der Waals surface area contributed by atoms with Crippen LogP contribution in [0.5, 0.6) is 0 Å². The molecule has 20 heavy (non-hydrogen) atoms. The average molecular weight is 282 g/mol. The van der Waals surface area contributed by atoms with E-state index >= 15 is 0 Å². The third-order valence-electron chi connectivity index (χ3n) is 3.31. The average Bonchev–Trinajstić information content (AvgIpc) is 2.47. The second-order valence-corrected chi connectivity index (χ2v) is 5.42. The molecule has 1 heterocycles. The van der Waals surface area contributed by atoms with E-state index in [-0.39, 0.29) is 0 Å². The van der Waals surface area contributed by atoms with Crippen LogP contribution >= 0.6 is 9.24 Å². The summed E-state index contributed by atoms with van der Waals surface area (Å²) in [6.07, 6.45) is -0.802. The lowest BCUT2D eigenvalue weighted by Gasteiger charge is -2.12. The van der Waals surface area contributed by atoms with Gasteiger partial charge in [-0.1, -0.05) is 42.5 Å². The molecule has 2 unspecified atom stereocenters. The number of hydrogen-bond acceptors (Lipinski definition) is 3. The summed E-state index contributed by atoms with van der Waals surface area (Å²) in [4.78, 5) is 8.90. The van der Waals surface area contributed by atoms with Gasteiger partial charge in [-0.05, 0) is 23.9 Å². The molecule has 0 aliphatic carbocycles. The lowest BCUT2D eigenvalue weighted by atomic mass is 10.1. The van der Waals surface area contributed by atoms with Crippen molar-refractivity contribution in [3.8, 4) is 0 Å². The molecule has 2 aromatic carbocycles. The SMILES string of the molecule is Cc1nc(C(O)c2ccc(P)cc2)nc2ccccc12. The number of fused-ring (bicyclic) bond motifs is 1. The highest BCUT2D eigenvalue weighted by Crippen LogP contribution is 2.22. The number of benzene rings is 2. The maximum absolute atomic E-state index is 10.4. The Bertz CT molecular complexity index is 756. The van der Waals surface area contributed by atoms with Gasteiger partial charge < -0.3 is 5.11 Å². The first-order chi connectivity index (χ1) is 9.65. The molecule has 0 bridgehead atoms. The van der Waals surface area contributed by atoms with Gasteiger partial charge in [0.15, 0.2) is 5.82 Å². The van der Waals surface area contributed by atoms with Crippen molar-refractivity contribution in [2.75, 3.05) is 0 Å². The number of hydrogen-bond donors (Lipinski definition) is 1. The highest BCUT2D eigenvalue weighted by atomic mass is 31.0. The molecule has 4 heteroatoms. The Hall–Kier alpha value is -1.83. The fourth-order valence-electron chi connectivity index (χ4n) is 2.21. The smallest absolute Gasteiger partial charge is 0.162 e. The van der Waals surface area contributed by atoms with Crippen LogP contribution in [0.3, 0.4) is 0 Å². The molecule has 0 radical (unpaired) electrons. The van der Waals surface area contributed by atoms with Crippen molar-refractivity contribution < 1.29 is 5.11 Å². The topological polar surface area (TPSA) is 46.0 Å². The molecule has 1 N–H and O–H groups in total. The largest absolute Gasteiger partial charge is 0.380 e. The van der Waals surface area contributed by atoms with E-state index in [4.69, 9.17) is 0 Å². The van der Waals surface area contributed by atoms with E-state index in [0.717, 1.165) is 27.5 Å². The van der Waals surface area contributed by atoms with Crippen molar-refractivity contribution in [2.45, 2.75) is 13.0 Å². The number of nitrogens with zero attached hydrogens (tertiary/aromatic N) is 2. The number of aryl methyl sites for hydroxylation is 1. The first kappa shape index (κ1) is 13.2. The van der Waals surface area contributed by atoms with E-state index in [1.165, 1.54) is 0 Å². The van der Waals surface area contributed by atoms with Crippen LogP contribution in [0.2, 0.25) is 0 Å². The van der Waals surface area contributed by atoms with Crippen molar-refractivity contribution in [3.63, 3.8) is 0 Å². The summed E-state index contributed by atoms with van der Waals surface area (Å²) in [6, 6.07) is 15.5. The Morgan fingerprint density at radius 2 is 1.70 bits per heavy atom. The van der Waals surface area contributed by atoms with E-state index in [0.29, 0.717) is 5.82 Å². The van der Waals surface area contributed by atoms with Crippen LogP contribution in [-0.2, 0) is 0 Å². The minimum absolute atomic E-state index is 0.442. The van der Waals surface area contributed by atoms with E-state index in [2.05, 4.69) is 19.2 Å². The van der Waals surface area contributed by atoms with Crippen LogP contribution in [0.1, 0.15) is 23.2 Å². The van der Waals surface area contributed by atoms with Crippen LogP contribution < -0.4 is 5.30 Å². The first-order valence-electron chi connectivity index (χ1n) is 6.42. The van der Waals surface area contributed by atoms with Crippen molar-refractivity contribution in [1.82, 2.24) is 9.97 Å². The Morgan fingerprint density at radius 3 is 2.45 bits per heavy atom. The van der Waals surface area contributed by atoms with Gasteiger partial charge in [-0.15, -0.1) is 9.24 Å². The first-order valence-corrected chi connectivity index (χ1v) is 6.99. The van der Waals surface area contributed by atoms with Gasteiger partial charge in [0.1, 0.15) is 6.10 Å². The van der Waals surface area contributed by atoms with Gasteiger partial charge in [0, 0.05) is 11.1 Å². The second kappa shape index (κ2) is 5.28. The second-order valence-electron chi connectivity index (χ2n) is 4.75. The van der Waals surface area contributed by atoms with E-state index < -0.39 is 6.10 Å². The summed E-state index contributed by atoms with van der Waals surface area (Å²) >= 11 is 0. The Balaban J connectivity index is 2.07. The number of para-hydroxylation sites is 1. The van der Waals surface area contributed by atoms with Crippen LogP contribution in [0, 0.1) is 6.92 Å². The molecular weight excluding hydrogens is 267 g/mol. The number of rotatable bonds is 2. The monoisotopic (exact) mass is 282 g/mol. The quantitative estimate of drug-likeness (QED) is 0.735. The zero-order chi connectivity index (χ0) is 14.1. The number of aliphatic hydroxyl groups excluding tert-OH is 1. The molecule has 0 fully saturated rings. The van der Waals surface area contributed by atoms with Gasteiger partial charge in [-0.2, -0.15) is 0 Å². The molecule has 1 aromatic heterocycles. The molecule has 0 spiro atoms. The molecule has 100 valence electrons. The molecule has 0 saturated carbocycles. The molecule has 3 aromatic rings. The maximum Gasteiger partial charge on any atom is 0.162 e. The fraction of sp³-hybridized carbons (Fsp3) is 0.125. The molecule has 0 aliphatic heterocycles.